The lowest BCUT2D eigenvalue weighted by Gasteiger charge is -2.24. The second-order valence-corrected chi connectivity index (χ2v) is 4.55. The number of nitrogens with zero attached hydrogens (tertiary/aromatic N) is 1. The summed E-state index contributed by atoms with van der Waals surface area (Å²) in [4.78, 5) is 4.00. The molecule has 4 heteroatoms. The number of benzene rings is 1. The van der Waals surface area contributed by atoms with E-state index in [0.717, 1.165) is 11.1 Å². The summed E-state index contributed by atoms with van der Waals surface area (Å²) < 4.78 is 0. The van der Waals surface area contributed by atoms with Gasteiger partial charge in [0, 0.05) is 12.6 Å². The molecule has 0 saturated heterocycles. The number of phenols is 1. The van der Waals surface area contributed by atoms with Crippen LogP contribution in [0.15, 0.2) is 42.6 Å². The number of pyridine rings is 1. The van der Waals surface area contributed by atoms with Crippen molar-refractivity contribution in [2.45, 2.75) is 18.9 Å². The molecular formula is C14H16N2O2. The predicted octanol–water partition coefficient (Wildman–Crippen LogP) is 1.82. The van der Waals surface area contributed by atoms with Crippen LogP contribution in [0.5, 0.6) is 5.75 Å². The van der Waals surface area contributed by atoms with Crippen molar-refractivity contribution in [3.63, 3.8) is 0 Å². The van der Waals surface area contributed by atoms with Gasteiger partial charge >= 0.3 is 0 Å². The van der Waals surface area contributed by atoms with Crippen molar-refractivity contribution in [3.8, 4) is 5.75 Å². The third kappa shape index (κ3) is 2.60. The molecule has 1 heterocycles. The second kappa shape index (κ2) is 4.66. The van der Waals surface area contributed by atoms with E-state index < -0.39 is 5.60 Å². The van der Waals surface area contributed by atoms with Crippen LogP contribution in [0, 0.1) is 0 Å². The first kappa shape index (κ1) is 12.4. The number of phenolic OH excluding ortho intramolecular Hbond substituents is 1. The fraction of sp³-hybridized carbons (Fsp3) is 0.214. The van der Waals surface area contributed by atoms with E-state index in [1.54, 1.807) is 43.5 Å². The largest absolute Gasteiger partial charge is 0.508 e. The Balaban J connectivity index is 2.27. The predicted molar refractivity (Wildman–Crippen MR) is 70.0 cm³/mol. The van der Waals surface area contributed by atoms with Gasteiger partial charge in [-0.15, -0.1) is 0 Å². The van der Waals surface area contributed by atoms with Crippen LogP contribution in [0.25, 0.3) is 0 Å². The normalized spacial score (nSPS) is 14.1. The Morgan fingerprint density at radius 1 is 1.22 bits per heavy atom. The maximum absolute atomic E-state index is 10.5. The highest BCUT2D eigenvalue weighted by atomic mass is 16.3. The number of aromatic hydroxyl groups is 1. The summed E-state index contributed by atoms with van der Waals surface area (Å²) in [6.07, 6.45) is 1.99. The molecule has 1 aromatic carbocycles. The van der Waals surface area contributed by atoms with Crippen LogP contribution >= 0.6 is 0 Å². The Bertz CT molecular complexity index is 536. The highest BCUT2D eigenvalue weighted by molar-refractivity contribution is 5.41. The highest BCUT2D eigenvalue weighted by Gasteiger charge is 2.24. The molecule has 0 aliphatic rings. The molecular weight excluding hydrogens is 228 g/mol. The van der Waals surface area contributed by atoms with E-state index in [1.165, 1.54) is 0 Å². The summed E-state index contributed by atoms with van der Waals surface area (Å²) >= 11 is 0. The van der Waals surface area contributed by atoms with E-state index in [4.69, 9.17) is 5.73 Å². The Morgan fingerprint density at radius 2 is 1.89 bits per heavy atom. The van der Waals surface area contributed by atoms with Crippen molar-refractivity contribution in [1.82, 2.24) is 4.98 Å². The van der Waals surface area contributed by atoms with Gasteiger partial charge in [-0.3, -0.25) is 0 Å². The second-order valence-electron chi connectivity index (χ2n) is 4.55. The zero-order valence-corrected chi connectivity index (χ0v) is 10.2. The zero-order valence-electron chi connectivity index (χ0n) is 10.2. The lowest BCUT2D eigenvalue weighted by atomic mass is 9.89. The number of aliphatic hydroxyl groups is 1. The van der Waals surface area contributed by atoms with E-state index in [1.807, 2.05) is 6.07 Å². The molecule has 4 nitrogen and oxygen atoms in total. The number of aromatic nitrogens is 1. The summed E-state index contributed by atoms with van der Waals surface area (Å²) in [5, 5.41) is 19.7. The fourth-order valence-electron chi connectivity index (χ4n) is 1.89. The Labute approximate surface area is 106 Å². The summed E-state index contributed by atoms with van der Waals surface area (Å²) in [6, 6.07) is 10.1. The molecule has 0 saturated carbocycles. The van der Waals surface area contributed by atoms with Crippen LogP contribution in [0.4, 0.5) is 5.82 Å². The van der Waals surface area contributed by atoms with Crippen LogP contribution < -0.4 is 5.73 Å². The van der Waals surface area contributed by atoms with Gasteiger partial charge < -0.3 is 15.9 Å². The molecule has 0 aliphatic heterocycles. The maximum Gasteiger partial charge on any atom is 0.126 e. The minimum Gasteiger partial charge on any atom is -0.508 e. The molecule has 0 spiro atoms. The Hall–Kier alpha value is -2.07. The minimum atomic E-state index is -1.05. The minimum absolute atomic E-state index is 0.176. The van der Waals surface area contributed by atoms with Crippen molar-refractivity contribution in [3.05, 3.63) is 53.7 Å². The van der Waals surface area contributed by atoms with Gasteiger partial charge in [0.1, 0.15) is 11.6 Å². The van der Waals surface area contributed by atoms with Crippen molar-refractivity contribution < 1.29 is 10.2 Å². The molecule has 0 fully saturated rings. The zero-order chi connectivity index (χ0) is 13.2. The first-order valence-electron chi connectivity index (χ1n) is 5.70. The molecule has 0 aliphatic carbocycles. The van der Waals surface area contributed by atoms with Gasteiger partial charge in [0.2, 0.25) is 0 Å². The molecule has 1 unspecified atom stereocenters. The van der Waals surface area contributed by atoms with Gasteiger partial charge in [0.05, 0.1) is 5.60 Å². The molecule has 1 aromatic heterocycles. The van der Waals surface area contributed by atoms with Gasteiger partial charge in [-0.2, -0.15) is 0 Å². The van der Waals surface area contributed by atoms with Crippen LogP contribution in [-0.2, 0) is 12.0 Å². The average molecular weight is 244 g/mol. The molecule has 4 N–H and O–H groups in total. The molecule has 0 radical (unpaired) electrons. The topological polar surface area (TPSA) is 79.4 Å². The third-order valence-corrected chi connectivity index (χ3v) is 2.95. The van der Waals surface area contributed by atoms with Gasteiger partial charge in [0.15, 0.2) is 0 Å². The molecule has 2 aromatic rings. The first-order chi connectivity index (χ1) is 8.49. The lowest BCUT2D eigenvalue weighted by Crippen LogP contribution is -2.24. The highest BCUT2D eigenvalue weighted by Crippen LogP contribution is 2.27. The lowest BCUT2D eigenvalue weighted by molar-refractivity contribution is 0.0577. The number of nitrogen functional groups attached to an aromatic ring is 1. The van der Waals surface area contributed by atoms with E-state index >= 15 is 0 Å². The monoisotopic (exact) mass is 244 g/mol. The van der Waals surface area contributed by atoms with Gasteiger partial charge in [0.25, 0.3) is 0 Å². The first-order valence-corrected chi connectivity index (χ1v) is 5.70. The van der Waals surface area contributed by atoms with E-state index in [9.17, 15) is 10.2 Å². The fourth-order valence-corrected chi connectivity index (χ4v) is 1.89. The number of rotatable bonds is 3. The molecule has 0 bridgehead atoms. The van der Waals surface area contributed by atoms with Gasteiger partial charge in [-0.25, -0.2) is 4.98 Å². The number of hydrogen-bond acceptors (Lipinski definition) is 4. The molecule has 2 rings (SSSR count). The summed E-state index contributed by atoms with van der Waals surface area (Å²) in [6.45, 7) is 1.71. The van der Waals surface area contributed by atoms with Gasteiger partial charge in [-0.05, 0) is 36.2 Å². The quantitative estimate of drug-likeness (QED) is 0.769. The van der Waals surface area contributed by atoms with Crippen molar-refractivity contribution in [1.29, 1.82) is 0 Å². The Kier molecular flexibility index (Phi) is 3.21. The van der Waals surface area contributed by atoms with E-state index in [-0.39, 0.29) is 5.75 Å². The van der Waals surface area contributed by atoms with Gasteiger partial charge in [-0.1, -0.05) is 18.2 Å². The number of hydrogen-bond donors (Lipinski definition) is 3. The summed E-state index contributed by atoms with van der Waals surface area (Å²) in [7, 11) is 0. The van der Waals surface area contributed by atoms with E-state index in [0.29, 0.717) is 12.2 Å². The van der Waals surface area contributed by atoms with Crippen LogP contribution in [-0.4, -0.2) is 15.2 Å². The third-order valence-electron chi connectivity index (χ3n) is 2.95. The van der Waals surface area contributed by atoms with Crippen LogP contribution in [0.2, 0.25) is 0 Å². The van der Waals surface area contributed by atoms with Crippen LogP contribution in [0.3, 0.4) is 0 Å². The maximum atomic E-state index is 10.5. The Morgan fingerprint density at radius 3 is 2.50 bits per heavy atom. The molecule has 1 atom stereocenters. The number of anilines is 1. The molecule has 18 heavy (non-hydrogen) atoms. The average Bonchev–Trinajstić information content (AvgIpc) is 2.32. The van der Waals surface area contributed by atoms with E-state index in [2.05, 4.69) is 4.98 Å². The van der Waals surface area contributed by atoms with Crippen molar-refractivity contribution in [2.75, 3.05) is 5.73 Å². The van der Waals surface area contributed by atoms with Crippen molar-refractivity contribution >= 4 is 5.82 Å². The summed E-state index contributed by atoms with van der Waals surface area (Å²) in [5.41, 5.74) is 6.24. The molecule has 0 amide bonds. The summed E-state index contributed by atoms with van der Waals surface area (Å²) in [5.74, 6) is 0.604. The van der Waals surface area contributed by atoms with Crippen molar-refractivity contribution in [2.24, 2.45) is 0 Å². The SMILES string of the molecule is CC(O)(Cc1cccnc1N)c1ccc(O)cc1. The van der Waals surface area contributed by atoms with Crippen LogP contribution in [0.1, 0.15) is 18.1 Å². The standard InChI is InChI=1S/C14H16N2O2/c1-14(18,11-4-6-12(17)7-5-11)9-10-3-2-8-16-13(10)15/h2-8,17-18H,9H2,1H3,(H2,15,16). The molecule has 94 valence electrons. The smallest absolute Gasteiger partial charge is 0.126 e. The number of nitrogens with two attached hydrogens (primary N) is 1.